The third kappa shape index (κ3) is 2.53. The Kier molecular flexibility index (Phi) is 3.68. The van der Waals surface area contributed by atoms with Gasteiger partial charge in [0, 0.05) is 17.4 Å². The van der Waals surface area contributed by atoms with Gasteiger partial charge >= 0.3 is 0 Å². The van der Waals surface area contributed by atoms with E-state index in [9.17, 15) is 14.3 Å². The molecule has 2 heterocycles. The summed E-state index contributed by atoms with van der Waals surface area (Å²) in [5, 5.41) is 10.2. The van der Waals surface area contributed by atoms with Crippen LogP contribution in [0.25, 0.3) is 10.9 Å². The molecule has 1 aromatic heterocycles. The molecule has 0 radical (unpaired) electrons. The summed E-state index contributed by atoms with van der Waals surface area (Å²) < 4.78 is 13.2. The zero-order chi connectivity index (χ0) is 15.0. The van der Waals surface area contributed by atoms with Crippen molar-refractivity contribution in [2.24, 2.45) is 5.92 Å². The van der Waals surface area contributed by atoms with Gasteiger partial charge in [-0.05, 0) is 43.0 Å². The van der Waals surface area contributed by atoms with Crippen LogP contribution in [-0.4, -0.2) is 40.1 Å². The first-order valence-electron chi connectivity index (χ1n) is 7.30. The number of hydrogen-bond donors (Lipinski definition) is 2. The molecule has 1 aromatic carbocycles. The van der Waals surface area contributed by atoms with Gasteiger partial charge in [-0.25, -0.2) is 4.39 Å². The number of aromatic amines is 1. The highest BCUT2D eigenvalue weighted by Gasteiger charge is 2.32. The molecule has 2 N–H and O–H groups in total. The van der Waals surface area contributed by atoms with Gasteiger partial charge in [-0.3, -0.25) is 4.79 Å². The first-order chi connectivity index (χ1) is 10.1. The lowest BCUT2D eigenvalue weighted by atomic mass is 9.91. The Morgan fingerprint density at radius 2 is 2.29 bits per heavy atom. The van der Waals surface area contributed by atoms with Gasteiger partial charge in [-0.1, -0.05) is 6.92 Å². The molecule has 1 fully saturated rings. The van der Waals surface area contributed by atoms with Gasteiger partial charge in [0.15, 0.2) is 0 Å². The molecule has 21 heavy (non-hydrogen) atoms. The lowest BCUT2D eigenvalue weighted by Gasteiger charge is -2.38. The molecule has 1 aliphatic heterocycles. The molecule has 1 aliphatic rings. The summed E-state index contributed by atoms with van der Waals surface area (Å²) in [6, 6.07) is 5.94. The fourth-order valence-corrected chi connectivity index (χ4v) is 3.15. The maximum atomic E-state index is 13.2. The van der Waals surface area contributed by atoms with Crippen molar-refractivity contribution in [3.8, 4) is 0 Å². The summed E-state index contributed by atoms with van der Waals surface area (Å²) in [7, 11) is 0. The average molecular weight is 290 g/mol. The molecule has 1 saturated heterocycles. The van der Waals surface area contributed by atoms with E-state index in [1.54, 1.807) is 17.0 Å². The van der Waals surface area contributed by atoms with E-state index in [1.807, 2.05) is 0 Å². The molecule has 4 nitrogen and oxygen atoms in total. The van der Waals surface area contributed by atoms with Crippen molar-refractivity contribution in [2.75, 3.05) is 13.2 Å². The average Bonchev–Trinajstić information content (AvgIpc) is 2.89. The van der Waals surface area contributed by atoms with E-state index in [4.69, 9.17) is 0 Å². The monoisotopic (exact) mass is 290 g/mol. The van der Waals surface area contributed by atoms with E-state index in [0.29, 0.717) is 17.6 Å². The first-order valence-corrected chi connectivity index (χ1v) is 7.30. The minimum Gasteiger partial charge on any atom is -0.394 e. The van der Waals surface area contributed by atoms with Gasteiger partial charge in [0.2, 0.25) is 0 Å². The van der Waals surface area contributed by atoms with Crippen LogP contribution in [0.4, 0.5) is 4.39 Å². The number of amides is 1. The van der Waals surface area contributed by atoms with Crippen molar-refractivity contribution in [3.05, 3.63) is 35.8 Å². The van der Waals surface area contributed by atoms with Crippen molar-refractivity contribution in [1.29, 1.82) is 0 Å². The number of aliphatic hydroxyl groups excluding tert-OH is 1. The molecule has 112 valence electrons. The Bertz CT molecular complexity index is 667. The van der Waals surface area contributed by atoms with Crippen LogP contribution >= 0.6 is 0 Å². The molecule has 2 atom stereocenters. The standard InChI is InChI=1S/C16H19FN2O2/c1-10-3-2-6-19(15(10)9-20)16(21)14-8-11-7-12(17)4-5-13(11)18-14/h4-5,7-8,10,15,18,20H,2-3,6,9H2,1H3. The van der Waals surface area contributed by atoms with Gasteiger partial charge in [-0.2, -0.15) is 0 Å². The zero-order valence-corrected chi connectivity index (χ0v) is 12.0. The van der Waals surface area contributed by atoms with Crippen molar-refractivity contribution in [2.45, 2.75) is 25.8 Å². The van der Waals surface area contributed by atoms with E-state index in [2.05, 4.69) is 11.9 Å². The number of rotatable bonds is 2. The molecule has 0 bridgehead atoms. The Labute approximate surface area is 122 Å². The Balaban J connectivity index is 1.92. The molecule has 2 aromatic rings. The Morgan fingerprint density at radius 3 is 3.05 bits per heavy atom. The molecular weight excluding hydrogens is 271 g/mol. The van der Waals surface area contributed by atoms with Gasteiger partial charge in [0.1, 0.15) is 11.5 Å². The van der Waals surface area contributed by atoms with Crippen LogP contribution in [0.1, 0.15) is 30.3 Å². The lowest BCUT2D eigenvalue weighted by Crippen LogP contribution is -2.49. The third-order valence-electron chi connectivity index (χ3n) is 4.38. The number of piperidine rings is 1. The van der Waals surface area contributed by atoms with Crippen molar-refractivity contribution < 1.29 is 14.3 Å². The van der Waals surface area contributed by atoms with Crippen LogP contribution in [0.15, 0.2) is 24.3 Å². The topological polar surface area (TPSA) is 56.3 Å². The second-order valence-electron chi connectivity index (χ2n) is 5.78. The highest BCUT2D eigenvalue weighted by molar-refractivity contribution is 5.98. The van der Waals surface area contributed by atoms with Gasteiger partial charge < -0.3 is 15.0 Å². The summed E-state index contributed by atoms with van der Waals surface area (Å²) in [4.78, 5) is 17.4. The number of hydrogen-bond acceptors (Lipinski definition) is 2. The lowest BCUT2D eigenvalue weighted by molar-refractivity contribution is 0.0354. The van der Waals surface area contributed by atoms with Gasteiger partial charge in [-0.15, -0.1) is 0 Å². The van der Waals surface area contributed by atoms with E-state index >= 15 is 0 Å². The summed E-state index contributed by atoms with van der Waals surface area (Å²) in [5.74, 6) is -0.160. The number of nitrogens with one attached hydrogen (secondary N) is 1. The number of aliphatic hydroxyl groups is 1. The second kappa shape index (κ2) is 5.48. The molecule has 0 saturated carbocycles. The number of fused-ring (bicyclic) bond motifs is 1. The first kappa shape index (κ1) is 14.1. The molecule has 2 unspecified atom stereocenters. The number of halogens is 1. The van der Waals surface area contributed by atoms with Crippen molar-refractivity contribution >= 4 is 16.8 Å². The van der Waals surface area contributed by atoms with Crippen LogP contribution in [0.5, 0.6) is 0 Å². The van der Waals surface area contributed by atoms with Crippen LogP contribution in [0.3, 0.4) is 0 Å². The number of benzene rings is 1. The van der Waals surface area contributed by atoms with Crippen molar-refractivity contribution in [1.82, 2.24) is 9.88 Å². The summed E-state index contributed by atoms with van der Waals surface area (Å²) in [5.41, 5.74) is 1.19. The predicted molar refractivity (Wildman–Crippen MR) is 78.6 cm³/mol. The number of aromatic nitrogens is 1. The summed E-state index contributed by atoms with van der Waals surface area (Å²) in [6.07, 6.45) is 1.96. The molecular formula is C16H19FN2O2. The van der Waals surface area contributed by atoms with E-state index in [-0.39, 0.29) is 30.3 Å². The Morgan fingerprint density at radius 1 is 1.48 bits per heavy atom. The molecule has 1 amide bonds. The largest absolute Gasteiger partial charge is 0.394 e. The minimum atomic E-state index is -0.319. The van der Waals surface area contributed by atoms with Crippen LogP contribution < -0.4 is 0 Å². The zero-order valence-electron chi connectivity index (χ0n) is 12.0. The van der Waals surface area contributed by atoms with Crippen LogP contribution in [0, 0.1) is 11.7 Å². The smallest absolute Gasteiger partial charge is 0.270 e. The van der Waals surface area contributed by atoms with E-state index in [1.165, 1.54) is 12.1 Å². The van der Waals surface area contributed by atoms with Crippen LogP contribution in [-0.2, 0) is 0 Å². The van der Waals surface area contributed by atoms with Crippen molar-refractivity contribution in [3.63, 3.8) is 0 Å². The van der Waals surface area contributed by atoms with E-state index < -0.39 is 0 Å². The highest BCUT2D eigenvalue weighted by Crippen LogP contribution is 2.25. The second-order valence-corrected chi connectivity index (χ2v) is 5.78. The molecule has 5 heteroatoms. The number of carbonyl (C=O) groups excluding carboxylic acids is 1. The molecule has 0 aliphatic carbocycles. The number of carbonyl (C=O) groups is 1. The van der Waals surface area contributed by atoms with Gasteiger partial charge in [0.25, 0.3) is 5.91 Å². The maximum Gasteiger partial charge on any atom is 0.270 e. The highest BCUT2D eigenvalue weighted by atomic mass is 19.1. The minimum absolute atomic E-state index is 0.0260. The third-order valence-corrected chi connectivity index (χ3v) is 4.38. The maximum absolute atomic E-state index is 13.2. The summed E-state index contributed by atoms with van der Waals surface area (Å²) >= 11 is 0. The normalized spacial score (nSPS) is 22.7. The summed E-state index contributed by atoms with van der Waals surface area (Å²) in [6.45, 7) is 2.68. The Hall–Kier alpha value is -1.88. The fraction of sp³-hybridized carbons (Fsp3) is 0.438. The van der Waals surface area contributed by atoms with E-state index in [0.717, 1.165) is 18.4 Å². The fourth-order valence-electron chi connectivity index (χ4n) is 3.15. The quantitative estimate of drug-likeness (QED) is 0.893. The van der Waals surface area contributed by atoms with Crippen LogP contribution in [0.2, 0.25) is 0 Å². The number of H-pyrrole nitrogens is 1. The SMILES string of the molecule is CC1CCCN(C(=O)c2cc3cc(F)ccc3[nH]2)C1CO. The predicted octanol–water partition coefficient (Wildman–Crippen LogP) is 2.54. The molecule has 3 rings (SSSR count). The number of nitrogens with zero attached hydrogens (tertiary/aromatic N) is 1. The number of likely N-dealkylation sites (tertiary alicyclic amines) is 1. The van der Waals surface area contributed by atoms with Gasteiger partial charge in [0.05, 0.1) is 12.6 Å². The molecule has 0 spiro atoms.